The maximum absolute atomic E-state index is 13.5. The normalized spacial score (nSPS) is 24.1. The van der Waals surface area contributed by atoms with E-state index in [0.29, 0.717) is 19.5 Å². The van der Waals surface area contributed by atoms with E-state index < -0.39 is 36.1 Å². The van der Waals surface area contributed by atoms with E-state index in [1.54, 1.807) is 4.90 Å². The van der Waals surface area contributed by atoms with Crippen LogP contribution in [0.1, 0.15) is 66.9 Å². The highest BCUT2D eigenvalue weighted by Crippen LogP contribution is 2.38. The molecule has 0 spiro atoms. The molecular weight excluding hydrogens is 407 g/mol. The van der Waals surface area contributed by atoms with Crippen molar-refractivity contribution < 1.29 is 23.6 Å². The van der Waals surface area contributed by atoms with Gasteiger partial charge in [-0.15, -0.1) is 0 Å². The number of fused-ring (bicyclic) bond motifs is 1. The third kappa shape index (κ3) is 4.03. The second-order valence-electron chi connectivity index (χ2n) is 11.0. The summed E-state index contributed by atoms with van der Waals surface area (Å²) in [5.41, 5.74) is 1.51. The van der Waals surface area contributed by atoms with Crippen molar-refractivity contribution in [1.29, 1.82) is 0 Å². The summed E-state index contributed by atoms with van der Waals surface area (Å²) in [6, 6.07) is 5.46. The highest BCUT2D eigenvalue weighted by Gasteiger charge is 2.53. The first-order chi connectivity index (χ1) is 14.8. The van der Waals surface area contributed by atoms with Crippen molar-refractivity contribution in [3.8, 4) is 0 Å². The summed E-state index contributed by atoms with van der Waals surface area (Å²) in [5.74, 6) is -0.0434. The van der Waals surface area contributed by atoms with E-state index in [2.05, 4.69) is 0 Å². The van der Waals surface area contributed by atoms with Crippen molar-refractivity contribution in [1.82, 2.24) is 4.90 Å². The van der Waals surface area contributed by atoms with Crippen molar-refractivity contribution in [3.63, 3.8) is 0 Å². The van der Waals surface area contributed by atoms with Crippen molar-refractivity contribution in [2.75, 3.05) is 18.0 Å². The van der Waals surface area contributed by atoms with Gasteiger partial charge in [0.2, 0.25) is 5.91 Å². The Labute approximate surface area is 191 Å². The van der Waals surface area contributed by atoms with Crippen LogP contribution in [0.3, 0.4) is 0 Å². The van der Waals surface area contributed by atoms with Gasteiger partial charge in [-0.25, -0.2) is 4.79 Å². The van der Waals surface area contributed by atoms with Gasteiger partial charge in [0.05, 0.1) is 11.2 Å². The van der Waals surface area contributed by atoms with Gasteiger partial charge in [0.25, 0.3) is 0 Å². The number of amides is 2. The van der Waals surface area contributed by atoms with E-state index in [9.17, 15) is 9.59 Å². The van der Waals surface area contributed by atoms with Crippen molar-refractivity contribution in [2.24, 2.45) is 0 Å². The van der Waals surface area contributed by atoms with E-state index in [0.717, 1.165) is 29.6 Å². The number of ether oxygens (including phenoxy) is 1. The topological polar surface area (TPSA) is 68.3 Å². The first-order valence-corrected chi connectivity index (χ1v) is 11.6. The predicted molar refractivity (Wildman–Crippen MR) is 124 cm³/mol. The Balaban J connectivity index is 1.56. The number of carbonyl (C=O) groups is 2. The molecule has 3 aliphatic rings. The molecule has 2 fully saturated rings. The zero-order valence-corrected chi connectivity index (χ0v) is 20.4. The molecule has 8 heteroatoms. The Bertz CT molecular complexity index is 907. The summed E-state index contributed by atoms with van der Waals surface area (Å²) in [5, 5.41) is 0. The molecule has 32 heavy (non-hydrogen) atoms. The van der Waals surface area contributed by atoms with E-state index in [1.807, 2.05) is 71.6 Å². The molecule has 2 amide bonds. The number of hydrogen-bond donors (Lipinski definition) is 0. The lowest BCUT2D eigenvalue weighted by Gasteiger charge is -2.32. The standard InChI is InChI=1S/C24H35BN2O5/c1-22(2,3)30-21(29)27-14-9-12-19(27)20(28)26-15-13-16-17(10-8-11-18(16)26)25-31-23(4,5)24(6,7)32-25/h8,10-11,19H,9,12-15H2,1-7H3. The third-order valence-electron chi connectivity index (χ3n) is 7.00. The molecule has 0 aliphatic carbocycles. The molecule has 0 aromatic heterocycles. The smallest absolute Gasteiger partial charge is 0.444 e. The first-order valence-electron chi connectivity index (χ1n) is 11.6. The van der Waals surface area contributed by atoms with Gasteiger partial charge < -0.3 is 18.9 Å². The molecule has 7 nitrogen and oxygen atoms in total. The van der Waals surface area contributed by atoms with Gasteiger partial charge in [0.15, 0.2) is 0 Å². The van der Waals surface area contributed by atoms with Crippen LogP contribution in [0.2, 0.25) is 0 Å². The molecule has 1 aromatic carbocycles. The van der Waals surface area contributed by atoms with Crippen molar-refractivity contribution in [2.45, 2.75) is 90.6 Å². The van der Waals surface area contributed by atoms with E-state index in [4.69, 9.17) is 14.0 Å². The fourth-order valence-corrected chi connectivity index (χ4v) is 4.62. The summed E-state index contributed by atoms with van der Waals surface area (Å²) in [6.45, 7) is 14.8. The fourth-order valence-electron chi connectivity index (χ4n) is 4.62. The molecule has 1 aromatic rings. The van der Waals surface area contributed by atoms with Gasteiger partial charge in [-0.1, -0.05) is 12.1 Å². The van der Waals surface area contributed by atoms with Crippen LogP contribution >= 0.6 is 0 Å². The number of nitrogens with zero attached hydrogens (tertiary/aromatic N) is 2. The minimum atomic E-state index is -0.592. The minimum absolute atomic E-state index is 0.0434. The third-order valence-corrected chi connectivity index (χ3v) is 7.00. The highest BCUT2D eigenvalue weighted by atomic mass is 16.7. The second kappa shape index (κ2) is 7.77. The molecule has 4 rings (SSSR count). The van der Waals surface area contributed by atoms with Crippen LogP contribution in [0.4, 0.5) is 10.5 Å². The Kier molecular flexibility index (Phi) is 5.61. The lowest BCUT2D eigenvalue weighted by molar-refractivity contribution is -0.122. The SMILES string of the molecule is CC(C)(C)OC(=O)N1CCCC1C(=O)N1CCc2c(B3OC(C)(C)C(C)(C)O3)cccc21. The number of likely N-dealkylation sites (tertiary alicyclic amines) is 1. The average Bonchev–Trinajstić information content (AvgIpc) is 3.36. The van der Waals surface area contributed by atoms with E-state index in [1.165, 1.54) is 0 Å². The lowest BCUT2D eigenvalue weighted by Crippen LogP contribution is -2.48. The molecule has 0 bridgehead atoms. The van der Waals surface area contributed by atoms with Crippen molar-refractivity contribution >= 4 is 30.3 Å². The number of rotatable bonds is 2. The van der Waals surface area contributed by atoms with Gasteiger partial charge in [-0.2, -0.15) is 0 Å². The zero-order chi connectivity index (χ0) is 23.5. The largest absolute Gasteiger partial charge is 0.495 e. The first kappa shape index (κ1) is 23.1. The molecule has 0 saturated carbocycles. The predicted octanol–water partition coefficient (Wildman–Crippen LogP) is 3.27. The summed E-state index contributed by atoms with van der Waals surface area (Å²) in [7, 11) is -0.463. The monoisotopic (exact) mass is 442 g/mol. The maximum atomic E-state index is 13.5. The Hall–Kier alpha value is -2.06. The summed E-state index contributed by atoms with van der Waals surface area (Å²) < 4.78 is 18.1. The van der Waals surface area contributed by atoms with Crippen LogP contribution in [0.15, 0.2) is 18.2 Å². The van der Waals surface area contributed by atoms with Gasteiger partial charge >= 0.3 is 13.2 Å². The zero-order valence-electron chi connectivity index (χ0n) is 20.4. The molecule has 3 heterocycles. The second-order valence-corrected chi connectivity index (χ2v) is 11.0. The number of benzene rings is 1. The molecule has 0 radical (unpaired) electrons. The van der Waals surface area contributed by atoms with Gasteiger partial charge in [0.1, 0.15) is 11.6 Å². The molecule has 2 saturated heterocycles. The quantitative estimate of drug-likeness (QED) is 0.658. The maximum Gasteiger partial charge on any atom is 0.495 e. The Morgan fingerprint density at radius 3 is 2.38 bits per heavy atom. The fraction of sp³-hybridized carbons (Fsp3) is 0.667. The number of hydrogen-bond acceptors (Lipinski definition) is 5. The van der Waals surface area contributed by atoms with Gasteiger partial charge in [-0.3, -0.25) is 9.69 Å². The molecule has 174 valence electrons. The van der Waals surface area contributed by atoms with Crippen LogP contribution in [-0.2, 0) is 25.3 Å². The van der Waals surface area contributed by atoms with E-state index >= 15 is 0 Å². The van der Waals surface area contributed by atoms with Crippen LogP contribution in [0.5, 0.6) is 0 Å². The van der Waals surface area contributed by atoms with Gasteiger partial charge in [0, 0.05) is 18.8 Å². The molecule has 3 aliphatic heterocycles. The molecule has 1 atom stereocenters. The number of anilines is 1. The average molecular weight is 442 g/mol. The molecular formula is C24H35BN2O5. The number of carbonyl (C=O) groups excluding carboxylic acids is 2. The van der Waals surface area contributed by atoms with Crippen LogP contribution < -0.4 is 10.4 Å². The van der Waals surface area contributed by atoms with Crippen molar-refractivity contribution in [3.05, 3.63) is 23.8 Å². The Morgan fingerprint density at radius 1 is 1.09 bits per heavy atom. The minimum Gasteiger partial charge on any atom is -0.444 e. The summed E-state index contributed by atoms with van der Waals surface area (Å²) >= 11 is 0. The summed E-state index contributed by atoms with van der Waals surface area (Å²) in [6.07, 6.45) is 1.77. The van der Waals surface area contributed by atoms with Gasteiger partial charge in [-0.05, 0) is 84.8 Å². The molecule has 1 unspecified atom stereocenters. The lowest BCUT2D eigenvalue weighted by atomic mass is 9.75. The van der Waals surface area contributed by atoms with Crippen LogP contribution in [0, 0.1) is 0 Å². The van der Waals surface area contributed by atoms with Crippen LogP contribution in [0.25, 0.3) is 0 Å². The highest BCUT2D eigenvalue weighted by molar-refractivity contribution is 6.63. The molecule has 0 N–H and O–H groups in total. The summed E-state index contributed by atoms with van der Waals surface area (Å²) in [4.78, 5) is 29.6. The van der Waals surface area contributed by atoms with E-state index in [-0.39, 0.29) is 5.91 Å². The Morgan fingerprint density at radius 2 is 1.75 bits per heavy atom. The van der Waals surface area contributed by atoms with Crippen LogP contribution in [-0.4, -0.2) is 60.0 Å².